The van der Waals surface area contributed by atoms with Crippen molar-refractivity contribution >= 4 is 27.4 Å². The van der Waals surface area contributed by atoms with Gasteiger partial charge in [-0.3, -0.25) is 0 Å². The van der Waals surface area contributed by atoms with Crippen LogP contribution in [0.5, 0.6) is 0 Å². The van der Waals surface area contributed by atoms with Crippen LogP contribution in [0.3, 0.4) is 0 Å². The Labute approximate surface area is 309 Å². The molecule has 246 valence electrons. The zero-order valence-electron chi connectivity index (χ0n) is 28.9. The number of pyridine rings is 1. The summed E-state index contributed by atoms with van der Waals surface area (Å²) >= 11 is 0. The van der Waals surface area contributed by atoms with Crippen molar-refractivity contribution in [1.82, 2.24) is 4.98 Å². The highest BCUT2D eigenvalue weighted by Gasteiger charge is 2.47. The maximum Gasteiger partial charge on any atom is 0.270 e. The molecule has 0 fully saturated rings. The zero-order valence-corrected chi connectivity index (χ0v) is 28.9. The Bertz CT molecular complexity index is 2860. The number of aromatic nitrogens is 1. The quantitative estimate of drug-likeness (QED) is 0.166. The van der Waals surface area contributed by atoms with Crippen LogP contribution in [-0.2, 0) is 5.41 Å². The van der Waals surface area contributed by atoms with Crippen LogP contribution in [0.25, 0.3) is 70.9 Å². The van der Waals surface area contributed by atoms with Crippen LogP contribution in [0.4, 0.5) is 5.82 Å². The molecule has 0 unspecified atom stereocenters. The predicted molar refractivity (Wildman–Crippen MR) is 219 cm³/mol. The molecule has 0 aliphatic heterocycles. The first-order valence-corrected chi connectivity index (χ1v) is 18.0. The zero-order chi connectivity index (χ0) is 35.4. The molecule has 2 heteroatoms. The maximum atomic E-state index is 7.53. The molecule has 8 aromatic carbocycles. The molecular weight excluding hydrogens is 641 g/mol. The van der Waals surface area contributed by atoms with E-state index >= 15 is 0 Å². The number of fused-ring (bicyclic) bond motifs is 6. The summed E-state index contributed by atoms with van der Waals surface area (Å²) in [6.07, 6.45) is 1.72. The van der Waals surface area contributed by atoms with E-state index in [1.54, 1.807) is 6.20 Å². The lowest BCUT2D eigenvalue weighted by Gasteiger charge is -2.34. The molecule has 0 saturated heterocycles. The minimum absolute atomic E-state index is 0.396. The van der Waals surface area contributed by atoms with Gasteiger partial charge in [0, 0.05) is 0 Å². The highest BCUT2D eigenvalue weighted by molar-refractivity contribution is 6.10. The van der Waals surface area contributed by atoms with E-state index in [2.05, 4.69) is 186 Å². The summed E-state index contributed by atoms with van der Waals surface area (Å²) in [4.78, 5) is 7.81. The molecule has 2 nitrogen and oxygen atoms in total. The minimum atomic E-state index is -0.577. The summed E-state index contributed by atoms with van der Waals surface area (Å²) < 4.78 is 0. The van der Waals surface area contributed by atoms with E-state index in [4.69, 9.17) is 6.57 Å². The molecule has 1 heterocycles. The van der Waals surface area contributed by atoms with Gasteiger partial charge in [0.25, 0.3) is 5.82 Å². The Balaban J connectivity index is 1.29. The molecule has 1 aromatic heterocycles. The standard InChI is InChI=1S/C51H32N2/c1-52-49-32-39(27-28-53-49)36-15-12-16-40(30-36)46-33-48-50(44-22-11-10-21-43(44)46)45-26-25-38(37-24-23-34-13-8-9-14-35(34)29-37)31-47(45)51(48,41-17-4-2-5-18-41)42-19-6-3-7-20-42/h2-33H. The molecule has 0 bridgehead atoms. The topological polar surface area (TPSA) is 17.2 Å². The number of nitrogens with zero attached hydrogens (tertiary/aromatic N) is 2. The van der Waals surface area contributed by atoms with E-state index in [9.17, 15) is 0 Å². The molecule has 9 aromatic rings. The summed E-state index contributed by atoms with van der Waals surface area (Å²) in [5.74, 6) is 0.396. The second kappa shape index (κ2) is 12.3. The largest absolute Gasteiger partial charge is 0.361 e. The van der Waals surface area contributed by atoms with Gasteiger partial charge < -0.3 is 4.85 Å². The van der Waals surface area contributed by atoms with Crippen LogP contribution < -0.4 is 0 Å². The van der Waals surface area contributed by atoms with Crippen molar-refractivity contribution in [2.75, 3.05) is 0 Å². The Hall–Kier alpha value is -7.08. The van der Waals surface area contributed by atoms with E-state index in [1.165, 1.54) is 71.6 Å². The number of hydrogen-bond donors (Lipinski definition) is 0. The first-order valence-electron chi connectivity index (χ1n) is 18.0. The Morgan fingerprint density at radius 2 is 1.04 bits per heavy atom. The maximum absolute atomic E-state index is 7.53. The summed E-state index contributed by atoms with van der Waals surface area (Å²) in [6, 6.07) is 68.4. The molecule has 0 spiro atoms. The SMILES string of the molecule is [C-]#[N+]c1cc(-c2cccc(-c3cc4c(c5ccccc35)-c3ccc(-c5ccc6ccccc6c5)cc3C4(c3ccccc3)c3ccccc3)c2)ccn1. The average Bonchev–Trinajstić information content (AvgIpc) is 3.54. The van der Waals surface area contributed by atoms with Gasteiger partial charge in [-0.1, -0.05) is 158 Å². The van der Waals surface area contributed by atoms with Crippen LogP contribution in [0.1, 0.15) is 22.3 Å². The highest BCUT2D eigenvalue weighted by atomic mass is 14.8. The normalized spacial score (nSPS) is 12.7. The van der Waals surface area contributed by atoms with E-state index in [0.29, 0.717) is 5.82 Å². The van der Waals surface area contributed by atoms with E-state index in [1.807, 2.05) is 12.1 Å². The van der Waals surface area contributed by atoms with E-state index in [0.717, 1.165) is 16.7 Å². The second-order valence-corrected chi connectivity index (χ2v) is 13.8. The molecule has 0 atom stereocenters. The Kier molecular flexibility index (Phi) is 7.13. The summed E-state index contributed by atoms with van der Waals surface area (Å²) in [5.41, 5.74) is 13.8. The Morgan fingerprint density at radius 1 is 0.415 bits per heavy atom. The van der Waals surface area contributed by atoms with Crippen molar-refractivity contribution in [3.05, 3.63) is 228 Å². The van der Waals surface area contributed by atoms with Crippen molar-refractivity contribution in [3.8, 4) is 44.5 Å². The molecule has 53 heavy (non-hydrogen) atoms. The number of hydrogen-bond acceptors (Lipinski definition) is 1. The molecule has 0 saturated carbocycles. The molecule has 0 amide bonds. The van der Waals surface area contributed by atoms with Gasteiger partial charge in [-0.05, 0) is 125 Å². The summed E-state index contributed by atoms with van der Waals surface area (Å²) in [6.45, 7) is 7.53. The second-order valence-electron chi connectivity index (χ2n) is 13.8. The van der Waals surface area contributed by atoms with E-state index in [-0.39, 0.29) is 0 Å². The van der Waals surface area contributed by atoms with Crippen molar-refractivity contribution < 1.29 is 0 Å². The fraction of sp³-hybridized carbons (Fsp3) is 0.0196. The van der Waals surface area contributed by atoms with Crippen LogP contribution in [0.2, 0.25) is 0 Å². The molecule has 0 radical (unpaired) electrons. The molecule has 1 aliphatic carbocycles. The third kappa shape index (κ3) is 4.83. The monoisotopic (exact) mass is 672 g/mol. The van der Waals surface area contributed by atoms with Crippen molar-refractivity contribution in [3.63, 3.8) is 0 Å². The van der Waals surface area contributed by atoms with Gasteiger partial charge >= 0.3 is 0 Å². The smallest absolute Gasteiger partial charge is 0.270 e. The van der Waals surface area contributed by atoms with Crippen molar-refractivity contribution in [1.29, 1.82) is 0 Å². The first-order chi connectivity index (χ1) is 26.2. The molecule has 0 N–H and O–H groups in total. The summed E-state index contributed by atoms with van der Waals surface area (Å²) in [7, 11) is 0. The van der Waals surface area contributed by atoms with Gasteiger partial charge in [0.2, 0.25) is 0 Å². The van der Waals surface area contributed by atoms with Gasteiger partial charge in [-0.25, -0.2) is 0 Å². The fourth-order valence-corrected chi connectivity index (χ4v) is 8.66. The van der Waals surface area contributed by atoms with Gasteiger partial charge in [-0.15, -0.1) is 4.98 Å². The third-order valence-corrected chi connectivity index (χ3v) is 11.0. The fourth-order valence-electron chi connectivity index (χ4n) is 8.66. The van der Waals surface area contributed by atoms with Gasteiger partial charge in [0.15, 0.2) is 0 Å². The van der Waals surface area contributed by atoms with Crippen LogP contribution >= 0.6 is 0 Å². The summed E-state index contributed by atoms with van der Waals surface area (Å²) in [5, 5.41) is 4.92. The van der Waals surface area contributed by atoms with Gasteiger partial charge in [0.1, 0.15) is 6.20 Å². The van der Waals surface area contributed by atoms with Crippen LogP contribution in [0.15, 0.2) is 194 Å². The van der Waals surface area contributed by atoms with Gasteiger partial charge in [-0.2, -0.15) is 0 Å². The predicted octanol–water partition coefficient (Wildman–Crippen LogP) is 13.3. The number of benzene rings is 8. The molecule has 1 aliphatic rings. The van der Waals surface area contributed by atoms with Crippen molar-refractivity contribution in [2.45, 2.75) is 5.41 Å². The first kappa shape index (κ1) is 30.7. The third-order valence-electron chi connectivity index (χ3n) is 11.0. The average molecular weight is 673 g/mol. The number of rotatable bonds is 5. The Morgan fingerprint density at radius 3 is 1.81 bits per heavy atom. The lowest BCUT2D eigenvalue weighted by molar-refractivity contribution is 0.769. The molecular formula is C51H32N2. The van der Waals surface area contributed by atoms with Crippen LogP contribution in [-0.4, -0.2) is 4.98 Å². The van der Waals surface area contributed by atoms with E-state index < -0.39 is 5.41 Å². The lowest BCUT2D eigenvalue weighted by Crippen LogP contribution is -2.28. The lowest BCUT2D eigenvalue weighted by atomic mass is 9.67. The minimum Gasteiger partial charge on any atom is -0.361 e. The molecule has 10 rings (SSSR count). The highest BCUT2D eigenvalue weighted by Crippen LogP contribution is 2.59. The van der Waals surface area contributed by atoms with Crippen LogP contribution in [0, 0.1) is 6.57 Å². The van der Waals surface area contributed by atoms with Crippen molar-refractivity contribution in [2.24, 2.45) is 0 Å². The van der Waals surface area contributed by atoms with Gasteiger partial charge in [0.05, 0.1) is 5.41 Å².